The van der Waals surface area contributed by atoms with Crippen molar-refractivity contribution in [2.75, 3.05) is 0 Å². The van der Waals surface area contributed by atoms with E-state index in [0.717, 1.165) is 0 Å². The van der Waals surface area contributed by atoms with Gasteiger partial charge in [0.2, 0.25) is 5.76 Å². The predicted molar refractivity (Wildman–Crippen MR) is 69.2 cm³/mol. The number of hydrogen-bond acceptors (Lipinski definition) is 2. The van der Waals surface area contributed by atoms with Gasteiger partial charge in [-0.1, -0.05) is 60.7 Å². The average Bonchev–Trinajstić information content (AvgIpc) is 2.41. The van der Waals surface area contributed by atoms with E-state index in [1.807, 2.05) is 12.1 Å². The molecule has 0 atom stereocenters. The average molecular weight is 240 g/mol. The van der Waals surface area contributed by atoms with Crippen LogP contribution in [0.1, 0.15) is 11.1 Å². The van der Waals surface area contributed by atoms with Gasteiger partial charge in [0, 0.05) is 5.57 Å². The van der Waals surface area contributed by atoms with Gasteiger partial charge in [0.1, 0.15) is 0 Å². The molecule has 0 aliphatic heterocycles. The molecule has 0 aliphatic carbocycles. The Morgan fingerprint density at radius 1 is 0.722 bits per heavy atom. The van der Waals surface area contributed by atoms with E-state index >= 15 is 0 Å². The maximum Gasteiger partial charge on any atom is 0.371 e. The van der Waals surface area contributed by atoms with Crippen LogP contribution in [-0.2, 0) is 4.79 Å². The summed E-state index contributed by atoms with van der Waals surface area (Å²) in [5.41, 5.74) is 1.66. The van der Waals surface area contributed by atoms with Crippen molar-refractivity contribution in [3.05, 3.63) is 77.5 Å². The smallest absolute Gasteiger partial charge is 0.371 e. The number of rotatable bonds is 3. The van der Waals surface area contributed by atoms with Crippen molar-refractivity contribution in [3.63, 3.8) is 0 Å². The number of aliphatic hydroxyl groups is 1. The molecule has 3 heteroatoms. The molecule has 0 unspecified atom stereocenters. The quantitative estimate of drug-likeness (QED) is 0.640. The van der Waals surface area contributed by atoms with Gasteiger partial charge in [0.25, 0.3) is 0 Å². The summed E-state index contributed by atoms with van der Waals surface area (Å²) in [4.78, 5) is 11.0. The number of hydrogen-bond donors (Lipinski definition) is 2. The highest BCUT2D eigenvalue weighted by Gasteiger charge is 2.16. The fraction of sp³-hybridized carbons (Fsp3) is 0. The van der Waals surface area contributed by atoms with Crippen LogP contribution in [0.25, 0.3) is 5.57 Å². The van der Waals surface area contributed by atoms with Crippen LogP contribution in [0.15, 0.2) is 66.4 Å². The highest BCUT2D eigenvalue weighted by Crippen LogP contribution is 2.25. The summed E-state index contributed by atoms with van der Waals surface area (Å²) >= 11 is 0. The first-order chi connectivity index (χ1) is 8.70. The van der Waals surface area contributed by atoms with Crippen LogP contribution in [-0.4, -0.2) is 16.2 Å². The molecule has 0 aromatic heterocycles. The Hall–Kier alpha value is -2.55. The maximum absolute atomic E-state index is 11.0. The molecule has 90 valence electrons. The third-order valence-corrected chi connectivity index (χ3v) is 2.56. The SMILES string of the molecule is O=C(O)C(O)=C(c1ccccc1)c1ccccc1. The maximum atomic E-state index is 11.0. The minimum absolute atomic E-state index is 0.323. The monoisotopic (exact) mass is 240 g/mol. The number of carbonyl (C=O) groups is 1. The number of aliphatic hydroxyl groups excluding tert-OH is 1. The fourth-order valence-electron chi connectivity index (χ4n) is 1.76. The highest BCUT2D eigenvalue weighted by molar-refractivity contribution is 5.98. The molecular weight excluding hydrogens is 228 g/mol. The van der Waals surface area contributed by atoms with Gasteiger partial charge in [-0.05, 0) is 11.1 Å². The van der Waals surface area contributed by atoms with Crippen LogP contribution in [0.2, 0.25) is 0 Å². The van der Waals surface area contributed by atoms with Gasteiger partial charge >= 0.3 is 5.97 Å². The van der Waals surface area contributed by atoms with Crippen molar-refractivity contribution in [2.45, 2.75) is 0 Å². The Bertz CT molecular complexity index is 530. The molecule has 2 N–H and O–H groups in total. The number of aliphatic carboxylic acids is 1. The number of carboxylic acid groups (broad SMARTS) is 1. The minimum Gasteiger partial charge on any atom is -0.501 e. The Balaban J connectivity index is 2.64. The van der Waals surface area contributed by atoms with Gasteiger partial charge in [-0.15, -0.1) is 0 Å². The van der Waals surface area contributed by atoms with Gasteiger partial charge in [-0.3, -0.25) is 0 Å². The molecule has 0 bridgehead atoms. The molecule has 3 nitrogen and oxygen atoms in total. The lowest BCUT2D eigenvalue weighted by Gasteiger charge is -2.09. The topological polar surface area (TPSA) is 57.5 Å². The highest BCUT2D eigenvalue weighted by atomic mass is 16.4. The van der Waals surface area contributed by atoms with Crippen LogP contribution >= 0.6 is 0 Å². The molecule has 18 heavy (non-hydrogen) atoms. The zero-order chi connectivity index (χ0) is 13.0. The van der Waals surface area contributed by atoms with E-state index in [4.69, 9.17) is 5.11 Å². The van der Waals surface area contributed by atoms with Crippen LogP contribution < -0.4 is 0 Å². The van der Waals surface area contributed by atoms with Crippen molar-refractivity contribution in [1.29, 1.82) is 0 Å². The van der Waals surface area contributed by atoms with Gasteiger partial charge in [-0.2, -0.15) is 0 Å². The summed E-state index contributed by atoms with van der Waals surface area (Å²) in [5, 5.41) is 18.7. The fourth-order valence-corrected chi connectivity index (χ4v) is 1.76. The Morgan fingerprint density at radius 2 is 1.11 bits per heavy atom. The second-order valence-electron chi connectivity index (χ2n) is 3.76. The van der Waals surface area contributed by atoms with Crippen LogP contribution in [0.3, 0.4) is 0 Å². The second-order valence-corrected chi connectivity index (χ2v) is 3.76. The first-order valence-electron chi connectivity index (χ1n) is 5.47. The minimum atomic E-state index is -1.34. The summed E-state index contributed by atoms with van der Waals surface area (Å²) in [6, 6.07) is 17.9. The molecule has 0 saturated heterocycles. The first kappa shape index (κ1) is 11.9. The molecule has 0 saturated carbocycles. The molecule has 0 amide bonds. The van der Waals surface area contributed by atoms with E-state index in [1.165, 1.54) is 0 Å². The largest absolute Gasteiger partial charge is 0.501 e. The van der Waals surface area contributed by atoms with Crippen molar-refractivity contribution in [3.8, 4) is 0 Å². The molecule has 0 spiro atoms. The van der Waals surface area contributed by atoms with Gasteiger partial charge in [0.15, 0.2) is 0 Å². The van der Waals surface area contributed by atoms with Gasteiger partial charge in [-0.25, -0.2) is 4.79 Å². The van der Waals surface area contributed by atoms with E-state index in [2.05, 4.69) is 0 Å². The van der Waals surface area contributed by atoms with Gasteiger partial charge in [0.05, 0.1) is 0 Å². The van der Waals surface area contributed by atoms with Crippen LogP contribution in [0, 0.1) is 0 Å². The summed E-state index contributed by atoms with van der Waals surface area (Å²) in [7, 11) is 0. The van der Waals surface area contributed by atoms with Crippen molar-refractivity contribution >= 4 is 11.5 Å². The molecule has 0 aliphatic rings. The summed E-state index contributed by atoms with van der Waals surface area (Å²) in [5.74, 6) is -1.98. The Kier molecular flexibility index (Phi) is 3.44. The molecule has 0 heterocycles. The first-order valence-corrected chi connectivity index (χ1v) is 5.47. The lowest BCUT2D eigenvalue weighted by molar-refractivity contribution is -0.135. The van der Waals surface area contributed by atoms with E-state index in [9.17, 15) is 9.90 Å². The molecule has 2 aromatic rings. The lowest BCUT2D eigenvalue weighted by atomic mass is 9.97. The molecule has 0 radical (unpaired) electrons. The van der Waals surface area contributed by atoms with Gasteiger partial charge < -0.3 is 10.2 Å². The standard InChI is InChI=1S/C15H12O3/c16-14(15(17)18)13(11-7-3-1-4-8-11)12-9-5-2-6-10-12/h1-10,16H,(H,17,18). The summed E-state index contributed by atoms with van der Waals surface area (Å²) in [6.45, 7) is 0. The van der Waals surface area contributed by atoms with Crippen LogP contribution in [0.5, 0.6) is 0 Å². The van der Waals surface area contributed by atoms with E-state index < -0.39 is 11.7 Å². The molecule has 0 fully saturated rings. The summed E-state index contributed by atoms with van der Waals surface area (Å²) < 4.78 is 0. The number of benzene rings is 2. The van der Waals surface area contributed by atoms with Crippen LogP contribution in [0.4, 0.5) is 0 Å². The molecular formula is C15H12O3. The molecule has 2 rings (SSSR count). The van der Waals surface area contributed by atoms with E-state index in [-0.39, 0.29) is 0 Å². The predicted octanol–water partition coefficient (Wildman–Crippen LogP) is 3.09. The molecule has 2 aromatic carbocycles. The zero-order valence-electron chi connectivity index (χ0n) is 9.58. The van der Waals surface area contributed by atoms with Crippen molar-refractivity contribution in [1.82, 2.24) is 0 Å². The number of carboxylic acids is 1. The Labute approximate surface area is 105 Å². The zero-order valence-corrected chi connectivity index (χ0v) is 9.58. The van der Waals surface area contributed by atoms with Crippen molar-refractivity contribution in [2.24, 2.45) is 0 Å². The van der Waals surface area contributed by atoms with E-state index in [1.54, 1.807) is 48.5 Å². The Morgan fingerprint density at radius 3 is 1.44 bits per heavy atom. The summed E-state index contributed by atoms with van der Waals surface area (Å²) in [6.07, 6.45) is 0. The lowest BCUT2D eigenvalue weighted by Crippen LogP contribution is -2.04. The third-order valence-electron chi connectivity index (χ3n) is 2.56. The second kappa shape index (κ2) is 5.19. The van der Waals surface area contributed by atoms with Crippen molar-refractivity contribution < 1.29 is 15.0 Å². The van der Waals surface area contributed by atoms with E-state index in [0.29, 0.717) is 16.7 Å². The normalized spacial score (nSPS) is 9.78. The third kappa shape index (κ3) is 2.40.